The smallest absolute Gasteiger partial charge is 0.315 e. The van der Waals surface area contributed by atoms with Gasteiger partial charge in [0.25, 0.3) is 0 Å². The summed E-state index contributed by atoms with van der Waals surface area (Å²) in [6.45, 7) is 9.56. The molecule has 2 N–H and O–H groups in total. The van der Waals surface area contributed by atoms with Crippen molar-refractivity contribution in [1.82, 2.24) is 10.6 Å². The molecule has 0 fully saturated rings. The highest BCUT2D eigenvalue weighted by atomic mass is 16.5. The Labute approximate surface area is 167 Å². The monoisotopic (exact) mass is 382 g/mol. The van der Waals surface area contributed by atoms with Crippen LogP contribution in [-0.2, 0) is 0 Å². The maximum absolute atomic E-state index is 12.7. The van der Waals surface area contributed by atoms with Gasteiger partial charge in [0.05, 0.1) is 25.3 Å². The van der Waals surface area contributed by atoms with Gasteiger partial charge in [0.2, 0.25) is 0 Å². The number of hydrogen-bond acceptors (Lipinski definition) is 3. The molecule has 28 heavy (non-hydrogen) atoms. The molecule has 0 bridgehead atoms. The fourth-order valence-corrected chi connectivity index (χ4v) is 3.54. The number of ether oxygens (including phenoxy) is 2. The van der Waals surface area contributed by atoms with Crippen LogP contribution in [0, 0.1) is 12.8 Å². The van der Waals surface area contributed by atoms with Crippen LogP contribution in [0.15, 0.2) is 42.5 Å². The van der Waals surface area contributed by atoms with E-state index in [1.165, 1.54) is 5.56 Å². The van der Waals surface area contributed by atoms with Crippen LogP contribution in [0.3, 0.4) is 0 Å². The van der Waals surface area contributed by atoms with Crippen molar-refractivity contribution in [2.75, 3.05) is 13.2 Å². The summed E-state index contributed by atoms with van der Waals surface area (Å²) in [6, 6.07) is 13.6. The molecule has 0 radical (unpaired) electrons. The molecule has 2 amide bonds. The molecule has 150 valence electrons. The molecule has 3 rings (SSSR count). The molecule has 2 atom stereocenters. The molecule has 0 unspecified atom stereocenters. The molecule has 0 aromatic heterocycles. The van der Waals surface area contributed by atoms with Gasteiger partial charge in [-0.1, -0.05) is 44.2 Å². The lowest BCUT2D eigenvalue weighted by molar-refractivity contribution is 0.230. The summed E-state index contributed by atoms with van der Waals surface area (Å²) in [7, 11) is 0. The number of carbonyl (C=O) groups excluding carboxylic acids is 1. The molecule has 0 aliphatic carbocycles. The second-order valence-electron chi connectivity index (χ2n) is 7.67. The molecular formula is C23H30N2O3. The summed E-state index contributed by atoms with van der Waals surface area (Å²) in [5.41, 5.74) is 3.30. The first-order valence-electron chi connectivity index (χ1n) is 9.98. The lowest BCUT2D eigenvalue weighted by atomic mass is 9.95. The van der Waals surface area contributed by atoms with E-state index in [1.54, 1.807) is 0 Å². The van der Waals surface area contributed by atoms with E-state index in [0.717, 1.165) is 29.0 Å². The summed E-state index contributed by atoms with van der Waals surface area (Å²) < 4.78 is 11.5. The van der Waals surface area contributed by atoms with Crippen molar-refractivity contribution in [1.29, 1.82) is 0 Å². The second kappa shape index (κ2) is 9.00. The molecular weight excluding hydrogens is 352 g/mol. The van der Waals surface area contributed by atoms with Crippen LogP contribution in [0.2, 0.25) is 0 Å². The van der Waals surface area contributed by atoms with E-state index in [-0.39, 0.29) is 24.0 Å². The van der Waals surface area contributed by atoms with E-state index in [0.29, 0.717) is 13.2 Å². The number of benzene rings is 2. The molecule has 0 saturated carbocycles. The van der Waals surface area contributed by atoms with E-state index in [9.17, 15) is 4.79 Å². The number of amides is 2. The summed E-state index contributed by atoms with van der Waals surface area (Å²) in [5, 5.41) is 6.19. The standard InChI is InChI=1S/C23H30N2O3/c1-15(2)22(18-10-11-20-21(14-18)28-13-7-12-27-20)25-23(26)24-17(4)19-9-6-5-8-16(19)3/h5-6,8-11,14-15,17,22H,7,12-13H2,1-4H3,(H2,24,25,26)/t17-,22-/m0/s1. The Hall–Kier alpha value is -2.69. The van der Waals surface area contributed by atoms with Gasteiger partial charge in [-0.2, -0.15) is 0 Å². The van der Waals surface area contributed by atoms with Gasteiger partial charge in [-0.15, -0.1) is 0 Å². The third-order valence-corrected chi connectivity index (χ3v) is 5.09. The third-order valence-electron chi connectivity index (χ3n) is 5.09. The van der Waals surface area contributed by atoms with Crippen molar-refractivity contribution in [3.8, 4) is 11.5 Å². The third kappa shape index (κ3) is 4.77. The largest absolute Gasteiger partial charge is 0.490 e. The minimum Gasteiger partial charge on any atom is -0.490 e. The van der Waals surface area contributed by atoms with E-state index in [2.05, 4.69) is 37.5 Å². The Morgan fingerprint density at radius 1 is 0.964 bits per heavy atom. The lowest BCUT2D eigenvalue weighted by Gasteiger charge is -2.25. The molecule has 0 saturated heterocycles. The quantitative estimate of drug-likeness (QED) is 0.772. The molecule has 2 aromatic carbocycles. The van der Waals surface area contributed by atoms with Crippen LogP contribution >= 0.6 is 0 Å². The molecule has 5 heteroatoms. The van der Waals surface area contributed by atoms with Gasteiger partial charge in [0, 0.05) is 6.42 Å². The number of hydrogen-bond donors (Lipinski definition) is 2. The average Bonchev–Trinajstić information content (AvgIpc) is 2.91. The molecule has 2 aromatic rings. The second-order valence-corrected chi connectivity index (χ2v) is 7.67. The number of aryl methyl sites for hydroxylation is 1. The Morgan fingerprint density at radius 3 is 2.39 bits per heavy atom. The van der Waals surface area contributed by atoms with Crippen molar-refractivity contribution >= 4 is 6.03 Å². The molecule has 0 spiro atoms. The van der Waals surface area contributed by atoms with Gasteiger partial charge in [0.1, 0.15) is 0 Å². The molecule has 5 nitrogen and oxygen atoms in total. The summed E-state index contributed by atoms with van der Waals surface area (Å²) in [6.07, 6.45) is 0.870. The zero-order chi connectivity index (χ0) is 20.1. The first-order valence-corrected chi connectivity index (χ1v) is 9.98. The summed E-state index contributed by atoms with van der Waals surface area (Å²) >= 11 is 0. The zero-order valence-electron chi connectivity index (χ0n) is 17.1. The Bertz CT molecular complexity index is 819. The summed E-state index contributed by atoms with van der Waals surface area (Å²) in [5.74, 6) is 1.74. The maximum Gasteiger partial charge on any atom is 0.315 e. The fraction of sp³-hybridized carbons (Fsp3) is 0.435. The number of fused-ring (bicyclic) bond motifs is 1. The Morgan fingerprint density at radius 2 is 1.68 bits per heavy atom. The van der Waals surface area contributed by atoms with Crippen LogP contribution < -0.4 is 20.1 Å². The predicted octanol–water partition coefficient (Wildman–Crippen LogP) is 4.91. The lowest BCUT2D eigenvalue weighted by Crippen LogP contribution is -2.41. The first kappa shape index (κ1) is 20.1. The van der Waals surface area contributed by atoms with Crippen LogP contribution in [0.4, 0.5) is 4.79 Å². The topological polar surface area (TPSA) is 59.6 Å². The van der Waals surface area contributed by atoms with Crippen LogP contribution in [0.1, 0.15) is 56.0 Å². The number of rotatable bonds is 5. The highest BCUT2D eigenvalue weighted by Crippen LogP contribution is 2.34. The highest BCUT2D eigenvalue weighted by molar-refractivity contribution is 5.75. The number of nitrogens with one attached hydrogen (secondary N) is 2. The van der Waals surface area contributed by atoms with Gasteiger partial charge in [-0.3, -0.25) is 0 Å². The molecule has 1 aliphatic rings. The van der Waals surface area contributed by atoms with E-state index < -0.39 is 0 Å². The van der Waals surface area contributed by atoms with Crippen molar-refractivity contribution in [2.24, 2.45) is 5.92 Å². The Kier molecular flexibility index (Phi) is 6.45. The summed E-state index contributed by atoms with van der Waals surface area (Å²) in [4.78, 5) is 12.7. The van der Waals surface area contributed by atoms with E-state index >= 15 is 0 Å². The Balaban J connectivity index is 1.72. The minimum absolute atomic E-state index is 0.0715. The van der Waals surface area contributed by atoms with Gasteiger partial charge in [-0.05, 0) is 48.6 Å². The van der Waals surface area contributed by atoms with Gasteiger partial charge in [-0.25, -0.2) is 4.79 Å². The minimum atomic E-state index is -0.179. The van der Waals surface area contributed by atoms with Gasteiger partial charge < -0.3 is 20.1 Å². The van der Waals surface area contributed by atoms with Crippen molar-refractivity contribution < 1.29 is 14.3 Å². The van der Waals surface area contributed by atoms with Crippen molar-refractivity contribution in [2.45, 2.75) is 46.2 Å². The number of carbonyl (C=O) groups is 1. The maximum atomic E-state index is 12.7. The number of urea groups is 1. The molecule has 1 aliphatic heterocycles. The van der Waals surface area contributed by atoms with Crippen LogP contribution in [0.5, 0.6) is 11.5 Å². The fourth-order valence-electron chi connectivity index (χ4n) is 3.54. The van der Waals surface area contributed by atoms with Crippen LogP contribution in [-0.4, -0.2) is 19.2 Å². The molecule has 1 heterocycles. The normalized spacial score (nSPS) is 15.5. The predicted molar refractivity (Wildman–Crippen MR) is 111 cm³/mol. The van der Waals surface area contributed by atoms with Crippen molar-refractivity contribution in [3.63, 3.8) is 0 Å². The average molecular weight is 383 g/mol. The SMILES string of the molecule is Cc1ccccc1[C@H](C)NC(=O)N[C@H](c1ccc2c(c1)OCCCO2)C(C)C. The van der Waals surface area contributed by atoms with Gasteiger partial charge in [0.15, 0.2) is 11.5 Å². The van der Waals surface area contributed by atoms with Crippen molar-refractivity contribution in [3.05, 3.63) is 59.2 Å². The van der Waals surface area contributed by atoms with Gasteiger partial charge >= 0.3 is 6.03 Å². The van der Waals surface area contributed by atoms with Crippen LogP contribution in [0.25, 0.3) is 0 Å². The van der Waals surface area contributed by atoms with E-state index in [1.807, 2.05) is 43.3 Å². The van der Waals surface area contributed by atoms with E-state index in [4.69, 9.17) is 9.47 Å². The first-order chi connectivity index (χ1) is 13.5. The zero-order valence-corrected chi connectivity index (χ0v) is 17.1. The highest BCUT2D eigenvalue weighted by Gasteiger charge is 2.22.